The van der Waals surface area contributed by atoms with Crippen LogP contribution >= 0.6 is 11.6 Å². The zero-order chi connectivity index (χ0) is 33.0. The van der Waals surface area contributed by atoms with Gasteiger partial charge in [-0.3, -0.25) is 4.90 Å². The normalized spacial score (nSPS) is 21.1. The van der Waals surface area contributed by atoms with E-state index in [1.807, 2.05) is 48.5 Å². The Hall–Kier alpha value is -4.43. The number of rotatable bonds is 8. The third kappa shape index (κ3) is 6.76. The van der Waals surface area contributed by atoms with Crippen LogP contribution in [0.3, 0.4) is 0 Å². The van der Waals surface area contributed by atoms with Crippen molar-refractivity contribution in [3.8, 4) is 6.01 Å². The lowest BCUT2D eigenvalue weighted by atomic mass is 9.94. The molecule has 48 heavy (non-hydrogen) atoms. The van der Waals surface area contributed by atoms with Crippen molar-refractivity contribution in [2.24, 2.45) is 0 Å². The van der Waals surface area contributed by atoms with Crippen molar-refractivity contribution in [1.29, 1.82) is 0 Å². The zero-order valence-electron chi connectivity index (χ0n) is 27.1. The summed E-state index contributed by atoms with van der Waals surface area (Å²) in [5.74, 6) is 0.733. The molecule has 2 saturated heterocycles. The van der Waals surface area contributed by atoms with Gasteiger partial charge in [0.15, 0.2) is 0 Å². The molecule has 10 nitrogen and oxygen atoms in total. The number of likely N-dealkylation sites (N-methyl/N-ethyl adjacent to an activating group) is 1. The van der Waals surface area contributed by atoms with Gasteiger partial charge in [0.25, 0.3) is 0 Å². The minimum atomic E-state index is -0.415. The highest BCUT2D eigenvalue weighted by Gasteiger charge is 2.37. The first-order chi connectivity index (χ1) is 23.5. The van der Waals surface area contributed by atoms with Gasteiger partial charge >= 0.3 is 12.1 Å². The van der Waals surface area contributed by atoms with Gasteiger partial charge in [0, 0.05) is 48.1 Å². The molecule has 3 aliphatic rings. The molecule has 1 aromatic heterocycles. The first-order valence-electron chi connectivity index (χ1n) is 16.6. The van der Waals surface area contributed by atoms with Crippen molar-refractivity contribution in [2.45, 2.75) is 50.7 Å². The van der Waals surface area contributed by atoms with Gasteiger partial charge in [-0.1, -0.05) is 72.3 Å². The molecule has 3 atom stereocenters. The minimum absolute atomic E-state index is 0.155. The van der Waals surface area contributed by atoms with E-state index in [4.69, 9.17) is 42.4 Å². The van der Waals surface area contributed by atoms with Crippen LogP contribution in [0, 0.1) is 6.57 Å². The van der Waals surface area contributed by atoms with Crippen LogP contribution in [0.25, 0.3) is 15.6 Å². The van der Waals surface area contributed by atoms with E-state index < -0.39 is 6.09 Å². The molecular weight excluding hydrogens is 628 g/mol. The maximum absolute atomic E-state index is 13.2. The van der Waals surface area contributed by atoms with Crippen molar-refractivity contribution >= 4 is 34.3 Å². The van der Waals surface area contributed by atoms with Crippen molar-refractivity contribution < 1.29 is 19.0 Å². The molecule has 0 bridgehead atoms. The third-order valence-electron chi connectivity index (χ3n) is 9.69. The average Bonchev–Trinajstić information content (AvgIpc) is 3.53. The Morgan fingerprint density at radius 3 is 2.67 bits per heavy atom. The van der Waals surface area contributed by atoms with Crippen LogP contribution in [-0.2, 0) is 29.1 Å². The number of carbonyl (C=O) groups excluding carboxylic acids is 1. The lowest BCUT2D eigenvalue weighted by molar-refractivity contribution is 0.0263. The fraction of sp³-hybridized carbons (Fsp3) is 0.405. The highest BCUT2D eigenvalue weighted by atomic mass is 35.5. The molecule has 1 unspecified atom stereocenters. The molecule has 248 valence electrons. The summed E-state index contributed by atoms with van der Waals surface area (Å²) in [6.07, 6.45) is 2.09. The number of hydrogen-bond acceptors (Lipinski definition) is 8. The number of hydrogen-bond donors (Lipinski definition) is 0. The number of piperazine rings is 1. The van der Waals surface area contributed by atoms with Crippen LogP contribution in [0.4, 0.5) is 10.6 Å². The quantitative estimate of drug-likeness (QED) is 0.202. The summed E-state index contributed by atoms with van der Waals surface area (Å²) >= 11 is 6.70. The fourth-order valence-corrected chi connectivity index (χ4v) is 7.35. The molecule has 0 aliphatic carbocycles. The zero-order valence-corrected chi connectivity index (χ0v) is 27.8. The van der Waals surface area contributed by atoms with E-state index in [9.17, 15) is 4.79 Å². The second kappa shape index (κ2) is 14.4. The van der Waals surface area contributed by atoms with Crippen LogP contribution in [0.2, 0.25) is 5.02 Å². The summed E-state index contributed by atoms with van der Waals surface area (Å²) in [6, 6.07) is 22.0. The summed E-state index contributed by atoms with van der Waals surface area (Å²) in [5, 5.41) is 2.74. The second-order valence-corrected chi connectivity index (χ2v) is 13.1. The molecule has 11 heteroatoms. The Bertz CT molecular complexity index is 1810. The lowest BCUT2D eigenvalue weighted by Gasteiger charge is -2.40. The summed E-state index contributed by atoms with van der Waals surface area (Å²) in [7, 11) is 2.12. The topological polar surface area (TPSA) is 84.6 Å². The summed E-state index contributed by atoms with van der Waals surface area (Å²) in [5.41, 5.74) is 3.73. The molecule has 4 aromatic rings. The Labute approximate surface area is 286 Å². The van der Waals surface area contributed by atoms with Crippen LogP contribution in [0.1, 0.15) is 41.3 Å². The Morgan fingerprint density at radius 2 is 1.88 bits per heavy atom. The SMILES string of the molecule is [C-]#[N+]C[C@@H]1CN(c2nc(OC[C@@H]3CCCN3C)nc3c2COC(c2cccc4cccc(Cl)c24)C3)CCN1C(=O)OCc1ccccc1. The van der Waals surface area contributed by atoms with Gasteiger partial charge in [0.1, 0.15) is 25.1 Å². The van der Waals surface area contributed by atoms with Gasteiger partial charge in [-0.2, -0.15) is 9.97 Å². The number of amides is 1. The smallest absolute Gasteiger partial charge is 0.410 e. The van der Waals surface area contributed by atoms with E-state index in [1.54, 1.807) is 4.90 Å². The number of likely N-dealkylation sites (tertiary alicyclic amines) is 1. The van der Waals surface area contributed by atoms with E-state index in [0.717, 1.165) is 58.4 Å². The average molecular weight is 667 g/mol. The summed E-state index contributed by atoms with van der Waals surface area (Å²) in [6.45, 7) is 11.2. The molecule has 3 aliphatic heterocycles. The van der Waals surface area contributed by atoms with E-state index >= 15 is 0 Å². The second-order valence-electron chi connectivity index (χ2n) is 12.7. The van der Waals surface area contributed by atoms with Gasteiger partial charge in [0.2, 0.25) is 6.54 Å². The molecule has 0 spiro atoms. The number of benzene rings is 3. The Balaban J connectivity index is 1.16. The van der Waals surface area contributed by atoms with Gasteiger partial charge in [-0.05, 0) is 49.0 Å². The van der Waals surface area contributed by atoms with Crippen molar-refractivity contribution in [1.82, 2.24) is 19.8 Å². The number of ether oxygens (including phenoxy) is 3. The van der Waals surface area contributed by atoms with Crippen molar-refractivity contribution in [3.05, 3.63) is 106 Å². The highest BCUT2D eigenvalue weighted by Crippen LogP contribution is 2.39. The molecule has 0 saturated carbocycles. The maximum Gasteiger partial charge on any atom is 0.410 e. The van der Waals surface area contributed by atoms with E-state index in [2.05, 4.69) is 39.9 Å². The highest BCUT2D eigenvalue weighted by molar-refractivity contribution is 6.35. The molecule has 0 N–H and O–H groups in total. The summed E-state index contributed by atoms with van der Waals surface area (Å²) < 4.78 is 18.5. The first kappa shape index (κ1) is 32.1. The molecule has 3 aromatic carbocycles. The van der Waals surface area contributed by atoms with Gasteiger partial charge in [-0.15, -0.1) is 0 Å². The van der Waals surface area contributed by atoms with E-state index in [-0.39, 0.29) is 25.3 Å². The predicted octanol–water partition coefficient (Wildman–Crippen LogP) is 6.32. The van der Waals surface area contributed by atoms with Crippen LogP contribution in [0.15, 0.2) is 66.7 Å². The van der Waals surface area contributed by atoms with Crippen LogP contribution < -0.4 is 9.64 Å². The van der Waals surface area contributed by atoms with Crippen LogP contribution in [-0.4, -0.2) is 84.3 Å². The van der Waals surface area contributed by atoms with Gasteiger partial charge < -0.3 is 28.9 Å². The standard InChI is InChI=1S/C37H39ClN6O4/c1-39-20-28-21-43(17-18-44(28)37(45)48-22-25-9-4-3-5-10-25)35-30-24-46-33(29-14-6-11-26-12-7-15-31(38)34(26)29)19-32(30)40-36(41-35)47-23-27-13-8-16-42(27)2/h3-7,9-12,14-15,27-28,33H,8,13,16-24H2,2H3/t27-,28+,33?/m0/s1. The molecule has 2 fully saturated rings. The maximum atomic E-state index is 13.2. The largest absolute Gasteiger partial charge is 0.462 e. The van der Waals surface area contributed by atoms with Crippen molar-refractivity contribution in [2.75, 3.05) is 51.3 Å². The lowest BCUT2D eigenvalue weighted by Crippen LogP contribution is -2.57. The van der Waals surface area contributed by atoms with E-state index in [1.165, 1.54) is 0 Å². The Kier molecular flexibility index (Phi) is 9.61. The van der Waals surface area contributed by atoms with Gasteiger partial charge in [0.05, 0.1) is 18.4 Å². The monoisotopic (exact) mass is 666 g/mol. The third-order valence-corrected chi connectivity index (χ3v) is 10.0. The van der Waals surface area contributed by atoms with Crippen LogP contribution in [0.5, 0.6) is 6.01 Å². The number of nitrogens with zero attached hydrogens (tertiary/aromatic N) is 6. The number of fused-ring (bicyclic) bond motifs is 2. The predicted molar refractivity (Wildman–Crippen MR) is 184 cm³/mol. The Morgan fingerprint density at radius 1 is 1.04 bits per heavy atom. The molecular formula is C37H39ClN6O4. The minimum Gasteiger partial charge on any atom is -0.462 e. The number of halogens is 1. The summed E-state index contributed by atoms with van der Waals surface area (Å²) in [4.78, 5) is 32.9. The molecule has 0 radical (unpaired) electrons. The number of anilines is 1. The number of carbonyl (C=O) groups is 1. The van der Waals surface area contributed by atoms with Crippen molar-refractivity contribution in [3.63, 3.8) is 0 Å². The molecule has 4 heterocycles. The molecule has 7 rings (SSSR count). The van der Waals surface area contributed by atoms with E-state index in [0.29, 0.717) is 56.3 Å². The first-order valence-corrected chi connectivity index (χ1v) is 16.9. The van der Waals surface area contributed by atoms with Gasteiger partial charge in [-0.25, -0.2) is 11.4 Å². The molecule has 1 amide bonds. The fourth-order valence-electron chi connectivity index (χ4n) is 7.06. The number of aromatic nitrogens is 2.